The van der Waals surface area contributed by atoms with Crippen LogP contribution in [0.2, 0.25) is 0 Å². The predicted molar refractivity (Wildman–Crippen MR) is 45.6 cm³/mol. The maximum atomic E-state index is 11.5. The van der Waals surface area contributed by atoms with Crippen molar-refractivity contribution < 1.29 is 9.90 Å². The summed E-state index contributed by atoms with van der Waals surface area (Å²) in [5.41, 5.74) is 0. The molecule has 0 aromatic rings. The van der Waals surface area contributed by atoms with Crippen LogP contribution in [0.25, 0.3) is 0 Å². The van der Waals surface area contributed by atoms with Crippen molar-refractivity contribution in [1.29, 1.82) is 0 Å². The lowest BCUT2D eigenvalue weighted by molar-refractivity contribution is -0.128. The van der Waals surface area contributed by atoms with E-state index in [-0.39, 0.29) is 17.8 Å². The normalized spacial score (nSPS) is 45.2. The summed E-state index contributed by atoms with van der Waals surface area (Å²) in [6.07, 6.45) is 3.68. The molecule has 2 nitrogen and oxygen atoms in total. The van der Waals surface area contributed by atoms with Gasteiger partial charge in [-0.3, -0.25) is 4.79 Å². The Morgan fingerprint density at radius 1 is 1.42 bits per heavy atom. The maximum Gasteiger partial charge on any atom is 0.138 e. The van der Waals surface area contributed by atoms with Gasteiger partial charge >= 0.3 is 0 Å². The molecule has 0 aromatic carbocycles. The fourth-order valence-electron chi connectivity index (χ4n) is 2.95. The van der Waals surface area contributed by atoms with Crippen molar-refractivity contribution in [3.8, 4) is 0 Å². The van der Waals surface area contributed by atoms with Gasteiger partial charge in [-0.25, -0.2) is 0 Å². The molecule has 2 bridgehead atoms. The number of aliphatic hydroxyl groups is 1. The number of carbonyl (C=O) groups excluding carboxylic acids is 1. The Balaban J connectivity index is 2.12. The Morgan fingerprint density at radius 3 is 2.58 bits per heavy atom. The van der Waals surface area contributed by atoms with E-state index in [1.165, 1.54) is 0 Å². The topological polar surface area (TPSA) is 37.3 Å². The van der Waals surface area contributed by atoms with Crippen LogP contribution >= 0.6 is 0 Å². The molecule has 12 heavy (non-hydrogen) atoms. The second-order valence-corrected chi connectivity index (χ2v) is 4.17. The van der Waals surface area contributed by atoms with Gasteiger partial charge in [-0.05, 0) is 31.1 Å². The van der Waals surface area contributed by atoms with E-state index in [0.717, 1.165) is 19.3 Å². The van der Waals surface area contributed by atoms with Crippen LogP contribution < -0.4 is 0 Å². The van der Waals surface area contributed by atoms with Crippen molar-refractivity contribution in [2.24, 2.45) is 17.8 Å². The van der Waals surface area contributed by atoms with Gasteiger partial charge in [-0.1, -0.05) is 6.92 Å². The summed E-state index contributed by atoms with van der Waals surface area (Å²) in [6.45, 7) is 1.89. The first-order valence-corrected chi connectivity index (χ1v) is 4.94. The van der Waals surface area contributed by atoms with Crippen LogP contribution in [-0.2, 0) is 4.79 Å². The standard InChI is InChI=1S/C10H16O2/c1-2-8(11)9-6-3-4-7(5-6)10(9)12/h6-7,9-10,12H,2-5H2,1H3/t6-,7+,9-,10-/m0/s1. The Morgan fingerprint density at radius 2 is 2.08 bits per heavy atom. The number of rotatable bonds is 2. The van der Waals surface area contributed by atoms with Crippen LogP contribution in [0, 0.1) is 17.8 Å². The summed E-state index contributed by atoms with van der Waals surface area (Å²) in [7, 11) is 0. The van der Waals surface area contributed by atoms with Crippen LogP contribution in [0.15, 0.2) is 0 Å². The van der Waals surface area contributed by atoms with E-state index in [1.807, 2.05) is 6.92 Å². The molecule has 2 heteroatoms. The fraction of sp³-hybridized carbons (Fsp3) is 0.900. The van der Waals surface area contributed by atoms with E-state index >= 15 is 0 Å². The van der Waals surface area contributed by atoms with E-state index in [2.05, 4.69) is 0 Å². The molecule has 1 N–H and O–H groups in total. The van der Waals surface area contributed by atoms with Gasteiger partial charge in [0.1, 0.15) is 5.78 Å². The molecule has 68 valence electrons. The minimum atomic E-state index is -0.309. The maximum absolute atomic E-state index is 11.5. The number of hydrogen-bond acceptors (Lipinski definition) is 2. The molecular weight excluding hydrogens is 152 g/mol. The van der Waals surface area contributed by atoms with Gasteiger partial charge in [-0.2, -0.15) is 0 Å². The van der Waals surface area contributed by atoms with Gasteiger partial charge in [0.25, 0.3) is 0 Å². The van der Waals surface area contributed by atoms with E-state index in [0.29, 0.717) is 18.3 Å². The van der Waals surface area contributed by atoms with Gasteiger partial charge < -0.3 is 5.11 Å². The highest BCUT2D eigenvalue weighted by atomic mass is 16.3. The Kier molecular flexibility index (Phi) is 1.95. The molecule has 0 aliphatic heterocycles. The Labute approximate surface area is 73.0 Å². The number of Topliss-reactive ketones (excluding diaryl/α,β-unsaturated/α-hetero) is 1. The molecule has 2 fully saturated rings. The van der Waals surface area contributed by atoms with Crippen LogP contribution in [0.3, 0.4) is 0 Å². The van der Waals surface area contributed by atoms with Gasteiger partial charge in [0.15, 0.2) is 0 Å². The number of aliphatic hydroxyl groups excluding tert-OH is 1. The molecule has 0 heterocycles. The molecule has 0 saturated heterocycles. The zero-order valence-corrected chi connectivity index (χ0v) is 7.49. The molecule has 4 atom stereocenters. The number of carbonyl (C=O) groups is 1. The lowest BCUT2D eigenvalue weighted by Crippen LogP contribution is -2.33. The van der Waals surface area contributed by atoms with Crippen molar-refractivity contribution in [3.63, 3.8) is 0 Å². The first kappa shape index (κ1) is 8.24. The smallest absolute Gasteiger partial charge is 0.138 e. The fourth-order valence-corrected chi connectivity index (χ4v) is 2.95. The second-order valence-electron chi connectivity index (χ2n) is 4.17. The molecule has 0 aromatic heterocycles. The lowest BCUT2D eigenvalue weighted by atomic mass is 9.83. The summed E-state index contributed by atoms with van der Waals surface area (Å²) in [6, 6.07) is 0. The highest BCUT2D eigenvalue weighted by Crippen LogP contribution is 2.48. The van der Waals surface area contributed by atoms with Crippen LogP contribution in [-0.4, -0.2) is 17.0 Å². The first-order valence-electron chi connectivity index (χ1n) is 4.94. The van der Waals surface area contributed by atoms with E-state index in [9.17, 15) is 9.90 Å². The molecule has 2 saturated carbocycles. The average molecular weight is 168 g/mol. The third-order valence-corrected chi connectivity index (χ3v) is 3.59. The second kappa shape index (κ2) is 2.84. The van der Waals surface area contributed by atoms with E-state index in [1.54, 1.807) is 0 Å². The highest BCUT2D eigenvalue weighted by molar-refractivity contribution is 5.82. The molecule has 0 unspecified atom stereocenters. The van der Waals surface area contributed by atoms with Gasteiger partial charge in [-0.15, -0.1) is 0 Å². The molecule has 2 rings (SSSR count). The van der Waals surface area contributed by atoms with Crippen LogP contribution in [0.4, 0.5) is 0 Å². The monoisotopic (exact) mass is 168 g/mol. The van der Waals surface area contributed by atoms with Gasteiger partial charge in [0.2, 0.25) is 0 Å². The largest absolute Gasteiger partial charge is 0.392 e. The molecule has 0 radical (unpaired) electrons. The number of hydrogen-bond donors (Lipinski definition) is 1. The van der Waals surface area contributed by atoms with Crippen molar-refractivity contribution in [2.75, 3.05) is 0 Å². The summed E-state index contributed by atoms with van der Waals surface area (Å²) in [5.74, 6) is 1.22. The van der Waals surface area contributed by atoms with E-state index < -0.39 is 0 Å². The quantitative estimate of drug-likeness (QED) is 0.676. The molecule has 2 aliphatic rings. The van der Waals surface area contributed by atoms with Crippen molar-refractivity contribution in [2.45, 2.75) is 38.7 Å². The highest BCUT2D eigenvalue weighted by Gasteiger charge is 2.49. The zero-order chi connectivity index (χ0) is 8.72. The van der Waals surface area contributed by atoms with Crippen molar-refractivity contribution in [1.82, 2.24) is 0 Å². The third-order valence-electron chi connectivity index (χ3n) is 3.59. The first-order chi connectivity index (χ1) is 5.74. The average Bonchev–Trinajstić information content (AvgIpc) is 2.63. The third kappa shape index (κ3) is 1.01. The Bertz CT molecular complexity index is 198. The van der Waals surface area contributed by atoms with Crippen molar-refractivity contribution >= 4 is 5.78 Å². The minimum absolute atomic E-state index is 0.00579. The summed E-state index contributed by atoms with van der Waals surface area (Å²) in [4.78, 5) is 11.5. The molecule has 2 aliphatic carbocycles. The minimum Gasteiger partial charge on any atom is -0.392 e. The summed E-state index contributed by atoms with van der Waals surface area (Å²) in [5, 5.41) is 9.76. The summed E-state index contributed by atoms with van der Waals surface area (Å²) >= 11 is 0. The Hall–Kier alpha value is -0.370. The number of ketones is 1. The van der Waals surface area contributed by atoms with E-state index in [4.69, 9.17) is 0 Å². The van der Waals surface area contributed by atoms with Crippen molar-refractivity contribution in [3.05, 3.63) is 0 Å². The predicted octanol–water partition coefficient (Wildman–Crippen LogP) is 1.37. The molecule has 0 amide bonds. The molecule has 0 spiro atoms. The summed E-state index contributed by atoms with van der Waals surface area (Å²) < 4.78 is 0. The number of fused-ring (bicyclic) bond motifs is 2. The lowest BCUT2D eigenvalue weighted by Gasteiger charge is -2.25. The van der Waals surface area contributed by atoms with Crippen LogP contribution in [0.1, 0.15) is 32.6 Å². The zero-order valence-electron chi connectivity index (χ0n) is 7.49. The van der Waals surface area contributed by atoms with Crippen LogP contribution in [0.5, 0.6) is 0 Å². The van der Waals surface area contributed by atoms with Gasteiger partial charge in [0, 0.05) is 12.3 Å². The van der Waals surface area contributed by atoms with Gasteiger partial charge in [0.05, 0.1) is 6.10 Å². The SMILES string of the molecule is CCC(=O)[C@@H]1[C@H]2CC[C@H](C2)[C@@H]1O. The molecular formula is C10H16O2.